The molecule has 0 radical (unpaired) electrons. The number of benzene rings is 2. The molecule has 0 aliphatic heterocycles. The van der Waals surface area contributed by atoms with Crippen molar-refractivity contribution >= 4 is 5.91 Å². The number of amides is 1. The molecule has 25 heavy (non-hydrogen) atoms. The number of aryl methyl sites for hydroxylation is 1. The molecule has 0 aliphatic carbocycles. The van der Waals surface area contributed by atoms with Crippen molar-refractivity contribution in [1.82, 2.24) is 15.1 Å². The van der Waals surface area contributed by atoms with Crippen LogP contribution in [-0.4, -0.2) is 28.8 Å². The minimum Gasteiger partial charge on any atom is -0.492 e. The smallest absolute Gasteiger partial charge is 0.251 e. The van der Waals surface area contributed by atoms with Crippen LogP contribution in [0, 0.1) is 6.92 Å². The first-order valence-corrected chi connectivity index (χ1v) is 8.25. The van der Waals surface area contributed by atoms with Gasteiger partial charge in [0.2, 0.25) is 0 Å². The molecule has 1 aromatic heterocycles. The first-order valence-electron chi connectivity index (χ1n) is 8.25. The van der Waals surface area contributed by atoms with Crippen LogP contribution in [0.4, 0.5) is 0 Å². The van der Waals surface area contributed by atoms with Gasteiger partial charge in [-0.15, -0.1) is 0 Å². The van der Waals surface area contributed by atoms with E-state index in [1.807, 2.05) is 72.4 Å². The van der Waals surface area contributed by atoms with E-state index in [0.29, 0.717) is 25.3 Å². The molecular weight excluding hydrogens is 314 g/mol. The van der Waals surface area contributed by atoms with Crippen LogP contribution in [0.5, 0.6) is 5.75 Å². The lowest BCUT2D eigenvalue weighted by molar-refractivity contribution is 0.0947. The van der Waals surface area contributed by atoms with Gasteiger partial charge in [0.05, 0.1) is 13.1 Å². The Hall–Kier alpha value is -3.08. The van der Waals surface area contributed by atoms with Gasteiger partial charge in [-0.05, 0) is 42.8 Å². The number of nitrogens with zero attached hydrogens (tertiary/aromatic N) is 2. The molecule has 5 heteroatoms. The first kappa shape index (κ1) is 16.8. The fourth-order valence-corrected chi connectivity index (χ4v) is 2.41. The monoisotopic (exact) mass is 335 g/mol. The molecule has 1 heterocycles. The summed E-state index contributed by atoms with van der Waals surface area (Å²) in [5.41, 5.74) is 2.93. The van der Waals surface area contributed by atoms with Crippen LogP contribution in [0.15, 0.2) is 67.0 Å². The highest BCUT2D eigenvalue weighted by molar-refractivity contribution is 5.94. The number of ether oxygens (including phenoxy) is 1. The van der Waals surface area contributed by atoms with Crippen molar-refractivity contribution in [3.8, 4) is 5.75 Å². The highest BCUT2D eigenvalue weighted by atomic mass is 16.5. The molecule has 1 N–H and O–H groups in total. The Balaban J connectivity index is 1.44. The molecule has 0 spiro atoms. The van der Waals surface area contributed by atoms with Gasteiger partial charge < -0.3 is 10.1 Å². The summed E-state index contributed by atoms with van der Waals surface area (Å²) >= 11 is 0. The summed E-state index contributed by atoms with van der Waals surface area (Å²) in [4.78, 5) is 12.1. The summed E-state index contributed by atoms with van der Waals surface area (Å²) in [7, 11) is 0. The summed E-state index contributed by atoms with van der Waals surface area (Å²) in [6.07, 6.45) is 3.66. The fraction of sp³-hybridized carbons (Fsp3) is 0.200. The van der Waals surface area contributed by atoms with Gasteiger partial charge in [-0.3, -0.25) is 9.48 Å². The normalized spacial score (nSPS) is 10.4. The van der Waals surface area contributed by atoms with Crippen LogP contribution < -0.4 is 10.1 Å². The zero-order valence-electron chi connectivity index (χ0n) is 14.2. The summed E-state index contributed by atoms with van der Waals surface area (Å²) in [5.74, 6) is 0.709. The van der Waals surface area contributed by atoms with E-state index in [4.69, 9.17) is 4.74 Å². The maximum atomic E-state index is 12.1. The van der Waals surface area contributed by atoms with Crippen LogP contribution in [0.25, 0.3) is 0 Å². The third-order valence-corrected chi connectivity index (χ3v) is 3.80. The molecule has 0 unspecified atom stereocenters. The second-order valence-corrected chi connectivity index (χ2v) is 5.82. The Morgan fingerprint density at radius 1 is 1.12 bits per heavy atom. The molecular formula is C20H21N3O2. The average Bonchev–Trinajstić information content (AvgIpc) is 3.14. The molecule has 5 nitrogen and oxygen atoms in total. The van der Waals surface area contributed by atoms with Crippen LogP contribution in [0.3, 0.4) is 0 Å². The van der Waals surface area contributed by atoms with Crippen molar-refractivity contribution in [2.75, 3.05) is 13.2 Å². The number of aromatic nitrogens is 2. The third kappa shape index (κ3) is 4.94. The average molecular weight is 335 g/mol. The first-order chi connectivity index (χ1) is 12.2. The Morgan fingerprint density at radius 2 is 1.88 bits per heavy atom. The van der Waals surface area contributed by atoms with E-state index in [1.54, 1.807) is 6.20 Å². The minimum atomic E-state index is -0.0989. The Bertz CT molecular complexity index is 794. The van der Waals surface area contributed by atoms with Gasteiger partial charge in [-0.1, -0.05) is 29.8 Å². The lowest BCUT2D eigenvalue weighted by atomic mass is 10.1. The zero-order valence-corrected chi connectivity index (χ0v) is 14.2. The number of rotatable bonds is 7. The number of nitrogens with one attached hydrogen (secondary N) is 1. The van der Waals surface area contributed by atoms with Gasteiger partial charge in [0.15, 0.2) is 0 Å². The number of carbonyl (C=O) groups is 1. The standard InChI is InChI=1S/C20H21N3O2/c1-16-3-9-19(10-4-16)25-14-12-21-20(24)18-7-5-17(6-8-18)15-23-13-2-11-22-23/h2-11,13H,12,14-15H2,1H3,(H,21,24). The van der Waals surface area contributed by atoms with E-state index in [9.17, 15) is 4.79 Å². The summed E-state index contributed by atoms with van der Waals surface area (Å²) in [6.45, 7) is 3.62. The third-order valence-electron chi connectivity index (χ3n) is 3.80. The predicted molar refractivity (Wildman–Crippen MR) is 96.8 cm³/mol. The molecule has 0 saturated carbocycles. The molecule has 0 atom stereocenters. The highest BCUT2D eigenvalue weighted by Gasteiger charge is 2.05. The largest absolute Gasteiger partial charge is 0.492 e. The quantitative estimate of drug-likeness (QED) is 0.675. The van der Waals surface area contributed by atoms with E-state index in [1.165, 1.54) is 5.56 Å². The van der Waals surface area contributed by atoms with Crippen molar-refractivity contribution in [2.45, 2.75) is 13.5 Å². The molecule has 2 aromatic carbocycles. The van der Waals surface area contributed by atoms with Gasteiger partial charge in [0, 0.05) is 18.0 Å². The molecule has 0 bridgehead atoms. The second kappa shape index (κ2) is 8.15. The molecule has 0 aliphatic rings. The van der Waals surface area contributed by atoms with Crippen molar-refractivity contribution in [3.05, 3.63) is 83.7 Å². The Kier molecular flexibility index (Phi) is 5.46. The summed E-state index contributed by atoms with van der Waals surface area (Å²) in [6, 6.07) is 17.3. The number of hydrogen-bond acceptors (Lipinski definition) is 3. The molecule has 0 fully saturated rings. The van der Waals surface area contributed by atoms with Gasteiger partial charge in [-0.25, -0.2) is 0 Å². The lowest BCUT2D eigenvalue weighted by Crippen LogP contribution is -2.28. The second-order valence-electron chi connectivity index (χ2n) is 5.82. The minimum absolute atomic E-state index is 0.0989. The Morgan fingerprint density at radius 3 is 2.56 bits per heavy atom. The van der Waals surface area contributed by atoms with Gasteiger partial charge >= 0.3 is 0 Å². The topological polar surface area (TPSA) is 56.1 Å². The van der Waals surface area contributed by atoms with Crippen molar-refractivity contribution in [3.63, 3.8) is 0 Å². The maximum Gasteiger partial charge on any atom is 0.251 e. The van der Waals surface area contributed by atoms with Crippen molar-refractivity contribution < 1.29 is 9.53 Å². The van der Waals surface area contributed by atoms with Gasteiger partial charge in [0.25, 0.3) is 5.91 Å². The van der Waals surface area contributed by atoms with E-state index >= 15 is 0 Å². The molecule has 1 amide bonds. The van der Waals surface area contributed by atoms with E-state index in [-0.39, 0.29) is 5.91 Å². The summed E-state index contributed by atoms with van der Waals surface area (Å²) < 4.78 is 7.45. The van der Waals surface area contributed by atoms with Crippen molar-refractivity contribution in [1.29, 1.82) is 0 Å². The maximum absolute atomic E-state index is 12.1. The Labute approximate surface area is 147 Å². The lowest BCUT2D eigenvalue weighted by Gasteiger charge is -2.08. The van der Waals surface area contributed by atoms with Gasteiger partial charge in [-0.2, -0.15) is 5.10 Å². The van der Waals surface area contributed by atoms with Crippen LogP contribution >= 0.6 is 0 Å². The van der Waals surface area contributed by atoms with E-state index < -0.39 is 0 Å². The predicted octanol–water partition coefficient (Wildman–Crippen LogP) is 3.05. The highest BCUT2D eigenvalue weighted by Crippen LogP contribution is 2.11. The number of carbonyl (C=O) groups excluding carboxylic acids is 1. The molecule has 0 saturated heterocycles. The van der Waals surface area contributed by atoms with Crippen LogP contribution in [0.1, 0.15) is 21.5 Å². The summed E-state index contributed by atoms with van der Waals surface area (Å²) in [5, 5.41) is 7.04. The van der Waals surface area contributed by atoms with E-state index in [0.717, 1.165) is 11.3 Å². The molecule has 3 rings (SSSR count). The zero-order chi connectivity index (χ0) is 17.5. The fourth-order valence-electron chi connectivity index (χ4n) is 2.41. The van der Waals surface area contributed by atoms with E-state index in [2.05, 4.69) is 10.4 Å². The van der Waals surface area contributed by atoms with Crippen LogP contribution in [-0.2, 0) is 6.54 Å². The van der Waals surface area contributed by atoms with Crippen molar-refractivity contribution in [2.24, 2.45) is 0 Å². The number of hydrogen-bond donors (Lipinski definition) is 1. The van der Waals surface area contributed by atoms with Gasteiger partial charge in [0.1, 0.15) is 12.4 Å². The SMILES string of the molecule is Cc1ccc(OCCNC(=O)c2ccc(Cn3cccn3)cc2)cc1. The molecule has 128 valence electrons. The molecule has 3 aromatic rings. The van der Waals surface area contributed by atoms with Crippen LogP contribution in [0.2, 0.25) is 0 Å².